The third-order valence-electron chi connectivity index (χ3n) is 14.7. The number of carboxylic acids is 4. The Hall–Kier alpha value is -1.68. The van der Waals surface area contributed by atoms with Gasteiger partial charge in [-0.25, -0.2) is 4.98 Å². The van der Waals surface area contributed by atoms with Crippen LogP contribution in [0.5, 0.6) is 0 Å². The summed E-state index contributed by atoms with van der Waals surface area (Å²) in [6, 6.07) is 0. The van der Waals surface area contributed by atoms with Crippen LogP contribution in [0.25, 0.3) is 0 Å². The van der Waals surface area contributed by atoms with Crippen LogP contribution in [0.1, 0.15) is 269 Å². The van der Waals surface area contributed by atoms with Gasteiger partial charge in [-0.15, -0.1) is 0 Å². The number of H-pyrrole nitrogens is 1. The van der Waals surface area contributed by atoms with E-state index >= 15 is 0 Å². The van der Waals surface area contributed by atoms with Crippen LogP contribution in [0.4, 0.5) is 5.95 Å². The molecule has 36 radical (unpaired) electrons. The van der Waals surface area contributed by atoms with Crippen LogP contribution in [0.15, 0.2) is 4.99 Å². The fourth-order valence-corrected chi connectivity index (χ4v) is 10.5. The highest BCUT2D eigenvalue weighted by Crippen LogP contribution is 2.15. The number of nitrogens with zero attached hydrogens (tertiary/aromatic N) is 8. The number of aromatic nitrogens is 3. The zero-order valence-electron chi connectivity index (χ0n) is 71.0. The molecule has 0 atom stereocenters. The molecule has 1 aromatic heterocycles. The maximum atomic E-state index is 11.1. The summed E-state index contributed by atoms with van der Waals surface area (Å²) in [7, 11) is 1.82. The van der Waals surface area contributed by atoms with Crippen molar-refractivity contribution < 1.29 is 39.6 Å². The number of carboxylic acid groups (broad SMARTS) is 4. The maximum Gasteiger partial charge on any atom is 0.317 e. The fourth-order valence-electron chi connectivity index (χ4n) is 8.87. The van der Waals surface area contributed by atoms with E-state index in [1.807, 2.05) is 20.9 Å². The molecule has 2 aliphatic heterocycles. The van der Waals surface area contributed by atoms with E-state index in [1.54, 1.807) is 9.80 Å². The van der Waals surface area contributed by atoms with Gasteiger partial charge in [0.2, 0.25) is 10.7 Å². The number of unbranched alkanes of at least 4 members (excludes halogenated alkanes) is 13. The molecule has 0 unspecified atom stereocenters. The lowest BCUT2D eigenvalue weighted by atomic mass is 10.2. The summed E-state index contributed by atoms with van der Waals surface area (Å²) in [5, 5.41) is 52.3. The van der Waals surface area contributed by atoms with Gasteiger partial charge in [0.05, 0.1) is 26.2 Å². The van der Waals surface area contributed by atoms with E-state index in [2.05, 4.69) is 164 Å². The number of hydrogen-bond donors (Lipinski definition) is 11. The average Bonchev–Trinajstić information content (AvgIpc) is 0.835. The molecule has 3 rings (SSSR count). The number of thiocarbonyl (C=S) groups is 1. The van der Waals surface area contributed by atoms with E-state index in [0.717, 1.165) is 62.0 Å². The molecule has 3 heterocycles. The van der Waals surface area contributed by atoms with Crippen molar-refractivity contribution in [3.63, 3.8) is 0 Å². The molecule has 0 aliphatic carbocycles. The van der Waals surface area contributed by atoms with Crippen LogP contribution in [0.3, 0.4) is 0 Å². The van der Waals surface area contributed by atoms with Crippen molar-refractivity contribution in [2.75, 3.05) is 161 Å². The summed E-state index contributed by atoms with van der Waals surface area (Å²) in [6.07, 6.45) is 34.2. The minimum atomic E-state index is -1.17. The third kappa shape index (κ3) is 117. The molecule has 1 saturated heterocycles. The van der Waals surface area contributed by atoms with Gasteiger partial charge in [-0.2, -0.15) is 29.4 Å². The van der Waals surface area contributed by atoms with E-state index in [4.69, 9.17) is 44.9 Å². The number of aromatic amines is 1. The minimum Gasteiger partial charge on any atom is -0.480 e. The number of guanidine groups is 1. The summed E-state index contributed by atoms with van der Waals surface area (Å²) in [4.78, 5) is 68.7. The van der Waals surface area contributed by atoms with Gasteiger partial charge in [-0.05, 0) is 165 Å². The zero-order valence-corrected chi connectivity index (χ0v) is 83.4. The van der Waals surface area contributed by atoms with Crippen molar-refractivity contribution >= 4 is 188 Å². The van der Waals surface area contributed by atoms with E-state index in [-0.39, 0.29) is 131 Å². The Morgan fingerprint density at radius 2 is 0.908 bits per heavy atom. The highest BCUT2D eigenvalue weighted by molar-refractivity contribution is 7.99. The monoisotopic (exact) mass is 1750 g/mol. The standard InChI is InChI=1S/C16H29N3O8.C11H21N3.C10H23N.C8H14N4S.C7H17N.C7H16S.C6H14N2S.C5H12.C4H10S.9Si/c1-2-3-4-17(9-13(20)21)5-6-18(10-14(22)23)7-8-19(11-15(24)25)12-16(26)27;1-2-3-7-13-9-5-10-14-8-4-6-12-11(13)14;1-3-5-7-8-10-11-9-6-4-2;1-3-4-5-9-7-10-6(2)11-8(13)12-7;2*1-3-5-7-8-6-4-2;1-3-4-5-8-6(9)7-2;1-3-5-4-2;1-2-3-4-5;;;;;;;;;/h2-12H2,1H3,(H,20,21)(H,22,23)(H,24,25)(H,26,27);2-10H2,1H3;11H,3-10H2,1-2H3;3-5H2,1-2H3,(H2,9,10,11,12,13);8H,3-7H2,1-2H3;3-7H2,1-2H3;3-5H2,1-2H3,(H2,7,8,9);3-5H2,1-2H3;5H,2-4H2,1H3;;;;;;;;;. The molecule has 630 valence electrons. The zero-order chi connectivity index (χ0) is 76.5. The number of aliphatic imine (C=N–C) groups is 1. The van der Waals surface area contributed by atoms with Gasteiger partial charge in [0.1, 0.15) is 5.82 Å². The molecule has 0 amide bonds. The molecule has 0 spiro atoms. The van der Waals surface area contributed by atoms with Crippen molar-refractivity contribution in [2.24, 2.45) is 4.99 Å². The van der Waals surface area contributed by atoms with Gasteiger partial charge < -0.3 is 61.8 Å². The fraction of sp³-hybridized carbons (Fsp3) is 0.878. The van der Waals surface area contributed by atoms with Crippen LogP contribution in [-0.2, 0) is 19.2 Å². The minimum absolute atomic E-state index is 0. The van der Waals surface area contributed by atoms with E-state index in [9.17, 15) is 19.2 Å². The SMILES string of the molecule is CCCCC.CCCCCCNCCCC.CCCCN(CCN(CCN(CC(=O)O)CC(=O)O)CC(=O)O)CC(=O)O.CCCCN1CCCN2CCCN=C12.CCCCNC(=S)NC.CCCCNCCC.CCCCNc1nc(=S)nc(C)[nH]1.CCCCS.CCCCSCCC.[Si].[Si].[Si].[Si].[Si].[Si].[Si].[Si].[Si]. The van der Waals surface area contributed by atoms with Crippen molar-refractivity contribution in [3.05, 3.63) is 10.6 Å². The quantitative estimate of drug-likeness (QED) is 0.0125. The van der Waals surface area contributed by atoms with Crippen molar-refractivity contribution in [2.45, 2.75) is 270 Å². The molecule has 0 aromatic carbocycles. The molecular formula is C74H156N14O8S4Si9. The first-order chi connectivity index (χ1) is 48.1. The van der Waals surface area contributed by atoms with E-state index in [1.165, 1.54) is 222 Å². The maximum absolute atomic E-state index is 11.1. The van der Waals surface area contributed by atoms with Crippen LogP contribution in [0.2, 0.25) is 0 Å². The number of thioether (sulfide) groups is 1. The molecule has 0 saturated carbocycles. The molecule has 2 aliphatic rings. The second-order valence-corrected chi connectivity index (χ2v) is 27.2. The van der Waals surface area contributed by atoms with Crippen LogP contribution in [-0.4, -0.2) is 349 Å². The van der Waals surface area contributed by atoms with Gasteiger partial charge in [0.25, 0.3) is 0 Å². The second-order valence-electron chi connectivity index (χ2n) is 24.8. The molecule has 0 bridgehead atoms. The lowest BCUT2D eigenvalue weighted by Crippen LogP contribution is -2.52. The Morgan fingerprint density at radius 3 is 1.33 bits per heavy atom. The highest BCUT2D eigenvalue weighted by atomic mass is 32.2. The number of aryl methyl sites for hydroxylation is 1. The summed E-state index contributed by atoms with van der Waals surface area (Å²) < 4.78 is 0.384. The van der Waals surface area contributed by atoms with Crippen LogP contribution in [0, 0.1) is 11.7 Å². The number of anilines is 1. The van der Waals surface area contributed by atoms with Gasteiger partial charge in [0, 0.05) is 178 Å². The normalized spacial score (nSPS) is 10.8. The summed E-state index contributed by atoms with van der Waals surface area (Å²) in [5.74, 6) is 2.16. The predicted octanol–water partition coefficient (Wildman–Crippen LogP) is 11.7. The second kappa shape index (κ2) is 117. The third-order valence-corrected chi connectivity index (χ3v) is 16.8. The molecule has 35 heteroatoms. The lowest BCUT2D eigenvalue weighted by Gasteiger charge is -2.41. The summed E-state index contributed by atoms with van der Waals surface area (Å²) in [6.45, 7) is 43.0. The van der Waals surface area contributed by atoms with Crippen LogP contribution < -0.4 is 26.6 Å². The first kappa shape index (κ1) is 142. The van der Waals surface area contributed by atoms with Crippen molar-refractivity contribution in [3.8, 4) is 0 Å². The van der Waals surface area contributed by atoms with E-state index in [0.29, 0.717) is 23.8 Å². The first-order valence-electron chi connectivity index (χ1n) is 39.0. The Morgan fingerprint density at radius 1 is 0.477 bits per heavy atom. The predicted molar refractivity (Wildman–Crippen MR) is 493 cm³/mol. The van der Waals surface area contributed by atoms with Crippen LogP contribution >= 0.6 is 48.8 Å². The smallest absolute Gasteiger partial charge is 0.317 e. The van der Waals surface area contributed by atoms with Gasteiger partial charge in [-0.3, -0.25) is 38.9 Å². The highest BCUT2D eigenvalue weighted by Gasteiger charge is 2.25. The molecule has 1 aromatic rings. The number of hydrogen-bond acceptors (Lipinski definition) is 19. The molecule has 10 N–H and O–H groups in total. The van der Waals surface area contributed by atoms with Crippen molar-refractivity contribution in [1.29, 1.82) is 0 Å². The molecule has 109 heavy (non-hydrogen) atoms. The first-order valence-corrected chi connectivity index (χ1v) is 41.6. The average molecular weight is 1750 g/mol. The largest absolute Gasteiger partial charge is 0.480 e. The Kier molecular flexibility index (Phi) is 153. The Bertz CT molecular complexity index is 2010. The Balaban J connectivity index is -0.0000000729. The Labute approximate surface area is 729 Å². The number of thiol groups is 1. The number of carbonyl (C=O) groups is 4. The van der Waals surface area contributed by atoms with Gasteiger partial charge in [0.15, 0.2) is 11.1 Å². The van der Waals surface area contributed by atoms with E-state index < -0.39 is 37.0 Å². The van der Waals surface area contributed by atoms with Gasteiger partial charge >= 0.3 is 23.9 Å². The van der Waals surface area contributed by atoms with Gasteiger partial charge in [-0.1, -0.05) is 180 Å². The number of rotatable bonds is 49. The molecular weight excluding hydrogens is 1590 g/mol. The molecule has 1 fully saturated rings. The molecule has 22 nitrogen and oxygen atoms in total. The van der Waals surface area contributed by atoms with Crippen molar-refractivity contribution in [1.82, 2.24) is 60.7 Å². The topological polar surface area (TPSA) is 279 Å². The number of nitrogens with one attached hydrogen (secondary N) is 6. The summed E-state index contributed by atoms with van der Waals surface area (Å²) >= 11 is 15.8. The summed E-state index contributed by atoms with van der Waals surface area (Å²) in [5.41, 5.74) is 0. The number of aliphatic carboxylic acids is 4. The number of fused-ring (bicyclic) bond motifs is 1. The lowest BCUT2D eigenvalue weighted by molar-refractivity contribution is -0.143.